The van der Waals surface area contributed by atoms with Crippen molar-refractivity contribution in [2.45, 2.75) is 27.2 Å². The summed E-state index contributed by atoms with van der Waals surface area (Å²) in [4.78, 5) is 24.8. The molecule has 1 aliphatic rings. The van der Waals surface area contributed by atoms with Gasteiger partial charge in [-0.3, -0.25) is 9.59 Å². The Morgan fingerprint density at radius 1 is 1.00 bits per heavy atom. The predicted octanol–water partition coefficient (Wildman–Crippen LogP) is 4.62. The van der Waals surface area contributed by atoms with E-state index in [0.29, 0.717) is 12.1 Å². The summed E-state index contributed by atoms with van der Waals surface area (Å²) >= 11 is 5.71. The van der Waals surface area contributed by atoms with Gasteiger partial charge in [0.2, 0.25) is 11.8 Å². The topological polar surface area (TPSA) is 58.2 Å². The average Bonchev–Trinajstić information content (AvgIpc) is 3.35. The molecule has 1 saturated carbocycles. The highest BCUT2D eigenvalue weighted by atomic mass is 35.5. The van der Waals surface area contributed by atoms with Gasteiger partial charge >= 0.3 is 0 Å². The third kappa shape index (κ3) is 3.88. The van der Waals surface area contributed by atoms with Crippen LogP contribution in [0.15, 0.2) is 30.3 Å². The fourth-order valence-corrected chi connectivity index (χ4v) is 3.36. The van der Waals surface area contributed by atoms with Gasteiger partial charge in [-0.15, -0.1) is 0 Å². The molecule has 0 bridgehead atoms. The van der Waals surface area contributed by atoms with Gasteiger partial charge in [-0.25, -0.2) is 4.39 Å². The summed E-state index contributed by atoms with van der Waals surface area (Å²) in [5, 5.41) is 5.57. The summed E-state index contributed by atoms with van der Waals surface area (Å²) in [5.74, 6) is -1.70. The number of amides is 2. The fourth-order valence-electron chi connectivity index (χ4n) is 3.18. The Morgan fingerprint density at radius 3 is 2.15 bits per heavy atom. The summed E-state index contributed by atoms with van der Waals surface area (Å²) < 4.78 is 13.2. The molecule has 0 radical (unpaired) electrons. The van der Waals surface area contributed by atoms with Gasteiger partial charge < -0.3 is 10.6 Å². The Kier molecular flexibility index (Phi) is 5.01. The van der Waals surface area contributed by atoms with E-state index < -0.39 is 5.82 Å². The van der Waals surface area contributed by atoms with Crippen LogP contribution in [-0.4, -0.2) is 11.8 Å². The number of anilines is 2. The lowest BCUT2D eigenvalue weighted by Crippen LogP contribution is -2.21. The number of aryl methyl sites for hydroxylation is 3. The SMILES string of the molecule is Cc1cc(C)c(NC(=O)C2CC2C(=O)Nc2ccc(F)c(Cl)c2)c(C)c1. The van der Waals surface area contributed by atoms with Crippen LogP contribution in [0.4, 0.5) is 15.8 Å². The van der Waals surface area contributed by atoms with E-state index in [-0.39, 0.29) is 28.7 Å². The first-order chi connectivity index (χ1) is 12.3. The minimum Gasteiger partial charge on any atom is -0.326 e. The van der Waals surface area contributed by atoms with Crippen molar-refractivity contribution < 1.29 is 14.0 Å². The molecule has 6 heteroatoms. The summed E-state index contributed by atoms with van der Waals surface area (Å²) in [6.45, 7) is 5.91. The quantitative estimate of drug-likeness (QED) is 0.820. The Labute approximate surface area is 156 Å². The van der Waals surface area contributed by atoms with Crippen LogP contribution in [0.2, 0.25) is 5.02 Å². The van der Waals surface area contributed by atoms with E-state index >= 15 is 0 Å². The summed E-state index contributed by atoms with van der Waals surface area (Å²) in [6, 6.07) is 8.01. The average molecular weight is 375 g/mol. The Bertz CT molecular complexity index is 874. The van der Waals surface area contributed by atoms with Crippen LogP contribution in [0.1, 0.15) is 23.1 Å². The van der Waals surface area contributed by atoms with Crippen molar-refractivity contribution in [3.05, 3.63) is 57.9 Å². The molecule has 3 rings (SSSR count). The van der Waals surface area contributed by atoms with Crippen molar-refractivity contribution in [3.63, 3.8) is 0 Å². The molecule has 2 amide bonds. The second-order valence-electron chi connectivity index (χ2n) is 6.83. The monoisotopic (exact) mass is 374 g/mol. The number of nitrogens with one attached hydrogen (secondary N) is 2. The van der Waals surface area contributed by atoms with E-state index in [1.54, 1.807) is 0 Å². The van der Waals surface area contributed by atoms with E-state index in [9.17, 15) is 14.0 Å². The number of halogens is 2. The van der Waals surface area contributed by atoms with Crippen LogP contribution in [0.25, 0.3) is 0 Å². The van der Waals surface area contributed by atoms with Crippen LogP contribution in [-0.2, 0) is 9.59 Å². The fraction of sp³-hybridized carbons (Fsp3) is 0.300. The molecule has 0 aromatic heterocycles. The normalized spacial score (nSPS) is 18.3. The Balaban J connectivity index is 1.62. The summed E-state index contributed by atoms with van der Waals surface area (Å²) in [5.41, 5.74) is 4.35. The molecule has 1 fully saturated rings. The van der Waals surface area contributed by atoms with Crippen molar-refractivity contribution in [3.8, 4) is 0 Å². The second-order valence-corrected chi connectivity index (χ2v) is 7.24. The van der Waals surface area contributed by atoms with Gasteiger partial charge in [0.15, 0.2) is 0 Å². The number of hydrogen-bond donors (Lipinski definition) is 2. The van der Waals surface area contributed by atoms with Crippen molar-refractivity contribution in [1.82, 2.24) is 0 Å². The van der Waals surface area contributed by atoms with E-state index in [1.807, 2.05) is 32.9 Å². The van der Waals surface area contributed by atoms with E-state index in [4.69, 9.17) is 11.6 Å². The molecule has 1 aliphatic carbocycles. The maximum atomic E-state index is 13.2. The second kappa shape index (κ2) is 7.08. The van der Waals surface area contributed by atoms with Gasteiger partial charge in [0.1, 0.15) is 5.82 Å². The number of carbonyl (C=O) groups excluding carboxylic acids is 2. The molecule has 0 spiro atoms. The smallest absolute Gasteiger partial charge is 0.228 e. The summed E-state index contributed by atoms with van der Waals surface area (Å²) in [6.07, 6.45) is 0.497. The largest absolute Gasteiger partial charge is 0.326 e. The molecule has 2 N–H and O–H groups in total. The third-order valence-corrected chi connectivity index (χ3v) is 4.87. The highest BCUT2D eigenvalue weighted by Crippen LogP contribution is 2.40. The van der Waals surface area contributed by atoms with Gasteiger partial charge in [-0.05, 0) is 56.5 Å². The standard InChI is InChI=1S/C20H20ClFN2O2/c1-10-6-11(2)18(12(3)7-10)24-20(26)15-9-14(15)19(25)23-13-4-5-17(22)16(21)8-13/h4-8,14-15H,9H2,1-3H3,(H,23,25)(H,24,26). The zero-order valence-corrected chi connectivity index (χ0v) is 15.6. The molecular formula is C20H20ClFN2O2. The number of carbonyl (C=O) groups is 2. The van der Waals surface area contributed by atoms with E-state index in [2.05, 4.69) is 10.6 Å². The Morgan fingerprint density at radius 2 is 1.58 bits per heavy atom. The lowest BCUT2D eigenvalue weighted by Gasteiger charge is -2.13. The maximum absolute atomic E-state index is 13.2. The van der Waals surface area contributed by atoms with Crippen LogP contribution >= 0.6 is 11.6 Å². The third-order valence-electron chi connectivity index (χ3n) is 4.58. The van der Waals surface area contributed by atoms with Gasteiger partial charge in [0, 0.05) is 11.4 Å². The molecule has 2 aromatic carbocycles. The molecule has 136 valence electrons. The van der Waals surface area contributed by atoms with Crippen LogP contribution in [0.3, 0.4) is 0 Å². The molecule has 2 aromatic rings. The number of rotatable bonds is 4. The first-order valence-corrected chi connectivity index (χ1v) is 8.78. The van der Waals surface area contributed by atoms with E-state index in [1.165, 1.54) is 18.2 Å². The molecular weight excluding hydrogens is 355 g/mol. The van der Waals surface area contributed by atoms with Crippen LogP contribution in [0.5, 0.6) is 0 Å². The lowest BCUT2D eigenvalue weighted by molar-refractivity contribution is -0.122. The Hall–Kier alpha value is -2.40. The molecule has 2 unspecified atom stereocenters. The van der Waals surface area contributed by atoms with Crippen molar-refractivity contribution in [1.29, 1.82) is 0 Å². The molecule has 0 saturated heterocycles. The van der Waals surface area contributed by atoms with Crippen molar-refractivity contribution >= 4 is 34.8 Å². The van der Waals surface area contributed by atoms with Gasteiger partial charge in [-0.1, -0.05) is 29.3 Å². The molecule has 26 heavy (non-hydrogen) atoms. The van der Waals surface area contributed by atoms with Gasteiger partial charge in [0.05, 0.1) is 16.9 Å². The molecule has 0 heterocycles. The highest BCUT2D eigenvalue weighted by molar-refractivity contribution is 6.31. The van der Waals surface area contributed by atoms with Gasteiger partial charge in [-0.2, -0.15) is 0 Å². The summed E-state index contributed by atoms with van der Waals surface area (Å²) in [7, 11) is 0. The van der Waals surface area contributed by atoms with Crippen LogP contribution < -0.4 is 10.6 Å². The molecule has 0 aliphatic heterocycles. The van der Waals surface area contributed by atoms with Crippen LogP contribution in [0, 0.1) is 38.4 Å². The predicted molar refractivity (Wildman–Crippen MR) is 101 cm³/mol. The first-order valence-electron chi connectivity index (χ1n) is 8.41. The minimum atomic E-state index is -0.544. The first kappa shape index (κ1) is 18.4. The zero-order chi connectivity index (χ0) is 19.0. The minimum absolute atomic E-state index is 0.0572. The highest BCUT2D eigenvalue weighted by Gasteiger charge is 2.48. The number of benzene rings is 2. The molecule has 2 atom stereocenters. The van der Waals surface area contributed by atoms with Crippen molar-refractivity contribution in [2.75, 3.05) is 10.6 Å². The zero-order valence-electron chi connectivity index (χ0n) is 14.8. The van der Waals surface area contributed by atoms with E-state index in [0.717, 1.165) is 22.4 Å². The van der Waals surface area contributed by atoms with Crippen molar-refractivity contribution in [2.24, 2.45) is 11.8 Å². The molecule has 4 nitrogen and oxygen atoms in total. The number of hydrogen-bond acceptors (Lipinski definition) is 2. The van der Waals surface area contributed by atoms with Gasteiger partial charge in [0.25, 0.3) is 0 Å². The maximum Gasteiger partial charge on any atom is 0.228 e. The lowest BCUT2D eigenvalue weighted by atomic mass is 10.0.